The van der Waals surface area contributed by atoms with Crippen molar-refractivity contribution in [2.45, 2.75) is 37.6 Å². The Hall–Kier alpha value is -2.34. The molecule has 1 saturated heterocycles. The summed E-state index contributed by atoms with van der Waals surface area (Å²) in [6, 6.07) is 5.60. The number of methoxy groups -OCH3 is 1. The summed E-state index contributed by atoms with van der Waals surface area (Å²) in [5.41, 5.74) is 0.258. The maximum atomic E-state index is 12.8. The van der Waals surface area contributed by atoms with E-state index in [2.05, 4.69) is 15.5 Å². The second-order valence-corrected chi connectivity index (χ2v) is 8.43. The summed E-state index contributed by atoms with van der Waals surface area (Å²) in [4.78, 5) is 12.4. The van der Waals surface area contributed by atoms with Gasteiger partial charge in [-0.2, -0.15) is 4.31 Å². The van der Waals surface area contributed by atoms with Crippen molar-refractivity contribution < 1.29 is 27.1 Å². The van der Waals surface area contributed by atoms with Gasteiger partial charge in [0.2, 0.25) is 15.9 Å². The van der Waals surface area contributed by atoms with Crippen molar-refractivity contribution in [3.8, 4) is 0 Å². The molecule has 1 aliphatic heterocycles. The monoisotopic (exact) mass is 410 g/mol. The fraction of sp³-hybridized carbons (Fsp3) is 0.471. The Labute approximate surface area is 162 Å². The van der Waals surface area contributed by atoms with Crippen LogP contribution in [0.1, 0.15) is 30.1 Å². The Balaban J connectivity index is 1.70. The van der Waals surface area contributed by atoms with Gasteiger partial charge in [0.05, 0.1) is 17.1 Å². The normalized spacial score (nSPS) is 20.8. The van der Waals surface area contributed by atoms with Gasteiger partial charge < -0.3 is 13.9 Å². The van der Waals surface area contributed by atoms with Gasteiger partial charge in [-0.15, -0.1) is 5.10 Å². The summed E-state index contributed by atoms with van der Waals surface area (Å²) in [5.74, 6) is -0.265. The number of amides is 1. The van der Waals surface area contributed by atoms with Crippen molar-refractivity contribution in [3.63, 3.8) is 0 Å². The number of morpholine rings is 1. The van der Waals surface area contributed by atoms with Gasteiger partial charge in [0, 0.05) is 25.8 Å². The third-order valence-electron chi connectivity index (χ3n) is 4.10. The molecule has 2 atom stereocenters. The number of nitrogens with zero attached hydrogens (tertiary/aromatic N) is 3. The van der Waals surface area contributed by atoms with E-state index in [0.29, 0.717) is 0 Å². The molecule has 0 saturated carbocycles. The molecular weight excluding hydrogens is 388 g/mol. The molecule has 0 unspecified atom stereocenters. The molecule has 1 N–H and O–H groups in total. The van der Waals surface area contributed by atoms with E-state index in [0.717, 1.165) is 0 Å². The van der Waals surface area contributed by atoms with Crippen LogP contribution in [0.5, 0.6) is 0 Å². The minimum absolute atomic E-state index is 0.0648. The zero-order valence-electron chi connectivity index (χ0n) is 15.8. The van der Waals surface area contributed by atoms with E-state index in [1.165, 1.54) is 35.7 Å². The molecule has 0 spiro atoms. The standard InChI is InChI=1S/C17H22N4O6S/c1-11-8-21(9-12(2)26-11)28(23,24)14-6-4-13(5-7-14)16(22)18-17-20-19-15(27-17)10-25-3/h4-7,11-12H,8-10H2,1-3H3,(H,18,20,22)/t11-,12+. The highest BCUT2D eigenvalue weighted by atomic mass is 32.2. The van der Waals surface area contributed by atoms with Gasteiger partial charge in [-0.3, -0.25) is 10.1 Å². The number of carbonyl (C=O) groups is 1. The maximum absolute atomic E-state index is 12.8. The smallest absolute Gasteiger partial charge is 0.322 e. The zero-order chi connectivity index (χ0) is 20.3. The summed E-state index contributed by atoms with van der Waals surface area (Å²) in [6.45, 7) is 4.38. The van der Waals surface area contributed by atoms with Gasteiger partial charge in [0.25, 0.3) is 5.91 Å². The number of sulfonamides is 1. The predicted octanol–water partition coefficient (Wildman–Crippen LogP) is 1.27. The Kier molecular flexibility index (Phi) is 6.08. The zero-order valence-corrected chi connectivity index (χ0v) is 16.6. The van der Waals surface area contributed by atoms with Crippen LogP contribution in [-0.2, 0) is 26.1 Å². The lowest BCUT2D eigenvalue weighted by Crippen LogP contribution is -2.48. The molecule has 28 heavy (non-hydrogen) atoms. The molecule has 10 nitrogen and oxygen atoms in total. The Morgan fingerprint density at radius 1 is 1.21 bits per heavy atom. The number of hydrogen-bond donors (Lipinski definition) is 1. The second kappa shape index (κ2) is 8.35. The highest BCUT2D eigenvalue weighted by Gasteiger charge is 2.32. The lowest BCUT2D eigenvalue weighted by Gasteiger charge is -2.34. The third kappa shape index (κ3) is 4.55. The lowest BCUT2D eigenvalue weighted by atomic mass is 10.2. The van der Waals surface area contributed by atoms with Crippen molar-refractivity contribution in [2.24, 2.45) is 0 Å². The largest absolute Gasteiger partial charge is 0.405 e. The molecule has 3 rings (SSSR count). The van der Waals surface area contributed by atoms with Gasteiger partial charge in [-0.1, -0.05) is 5.10 Å². The number of rotatable bonds is 6. The fourth-order valence-corrected chi connectivity index (χ4v) is 4.50. The van der Waals surface area contributed by atoms with E-state index in [-0.39, 0.29) is 54.3 Å². The van der Waals surface area contributed by atoms with Crippen LogP contribution in [0.2, 0.25) is 0 Å². The molecule has 1 aromatic heterocycles. The average Bonchev–Trinajstić information content (AvgIpc) is 3.08. The third-order valence-corrected chi connectivity index (χ3v) is 5.94. The molecule has 0 aliphatic carbocycles. The first-order valence-corrected chi connectivity index (χ1v) is 10.1. The van der Waals surface area contributed by atoms with Crippen LogP contribution in [0.15, 0.2) is 33.6 Å². The summed E-state index contributed by atoms with van der Waals surface area (Å²) in [5, 5.41) is 9.86. The van der Waals surface area contributed by atoms with Crippen molar-refractivity contribution in [3.05, 3.63) is 35.7 Å². The SMILES string of the molecule is COCc1nnc(NC(=O)c2ccc(S(=O)(=O)N3C[C@@H](C)O[C@@H](C)C3)cc2)o1. The summed E-state index contributed by atoms with van der Waals surface area (Å²) in [7, 11) is -2.18. The summed E-state index contributed by atoms with van der Waals surface area (Å²) >= 11 is 0. The Morgan fingerprint density at radius 2 is 1.86 bits per heavy atom. The number of nitrogens with one attached hydrogen (secondary N) is 1. The first kappa shape index (κ1) is 20.4. The average molecular weight is 410 g/mol. The van der Waals surface area contributed by atoms with Crippen LogP contribution >= 0.6 is 0 Å². The van der Waals surface area contributed by atoms with Crippen LogP contribution < -0.4 is 5.32 Å². The van der Waals surface area contributed by atoms with E-state index < -0.39 is 15.9 Å². The predicted molar refractivity (Wildman–Crippen MR) is 98.2 cm³/mol. The lowest BCUT2D eigenvalue weighted by molar-refractivity contribution is -0.0440. The molecular formula is C17H22N4O6S. The second-order valence-electron chi connectivity index (χ2n) is 6.49. The molecule has 1 amide bonds. The van der Waals surface area contributed by atoms with Gasteiger partial charge in [-0.25, -0.2) is 8.42 Å². The highest BCUT2D eigenvalue weighted by molar-refractivity contribution is 7.89. The number of anilines is 1. The number of ether oxygens (including phenoxy) is 2. The molecule has 11 heteroatoms. The Bertz CT molecular complexity index is 917. The van der Waals surface area contributed by atoms with Crippen LogP contribution in [0.25, 0.3) is 0 Å². The number of carbonyl (C=O) groups excluding carboxylic acids is 1. The quantitative estimate of drug-likeness (QED) is 0.755. The molecule has 1 aliphatic rings. The van der Waals surface area contributed by atoms with Crippen LogP contribution in [-0.4, -0.2) is 61.2 Å². The van der Waals surface area contributed by atoms with E-state index in [4.69, 9.17) is 13.9 Å². The van der Waals surface area contributed by atoms with E-state index in [9.17, 15) is 13.2 Å². The highest BCUT2D eigenvalue weighted by Crippen LogP contribution is 2.21. The molecule has 2 heterocycles. The first-order valence-electron chi connectivity index (χ1n) is 8.68. The molecule has 152 valence electrons. The van der Waals surface area contributed by atoms with Crippen molar-refractivity contribution in [1.29, 1.82) is 0 Å². The van der Waals surface area contributed by atoms with E-state index >= 15 is 0 Å². The van der Waals surface area contributed by atoms with E-state index in [1.807, 2.05) is 13.8 Å². The minimum Gasteiger partial charge on any atom is -0.405 e. The van der Waals surface area contributed by atoms with Crippen molar-refractivity contribution >= 4 is 21.9 Å². The Morgan fingerprint density at radius 3 is 2.46 bits per heavy atom. The fourth-order valence-electron chi connectivity index (χ4n) is 2.91. The van der Waals surface area contributed by atoms with Gasteiger partial charge in [0.15, 0.2) is 0 Å². The number of hydrogen-bond acceptors (Lipinski definition) is 8. The molecule has 0 radical (unpaired) electrons. The molecule has 1 aromatic carbocycles. The van der Waals surface area contributed by atoms with Gasteiger partial charge >= 0.3 is 6.01 Å². The van der Waals surface area contributed by atoms with Crippen LogP contribution in [0.4, 0.5) is 6.01 Å². The molecule has 2 aromatic rings. The number of aromatic nitrogens is 2. The van der Waals surface area contributed by atoms with Crippen molar-refractivity contribution in [2.75, 3.05) is 25.5 Å². The first-order chi connectivity index (χ1) is 13.3. The molecule has 0 bridgehead atoms. The van der Waals surface area contributed by atoms with E-state index in [1.54, 1.807) is 0 Å². The number of benzene rings is 1. The minimum atomic E-state index is -3.67. The molecule has 1 fully saturated rings. The summed E-state index contributed by atoms with van der Waals surface area (Å²) < 4.78 is 42.7. The van der Waals surface area contributed by atoms with Gasteiger partial charge in [0.1, 0.15) is 6.61 Å². The van der Waals surface area contributed by atoms with Gasteiger partial charge in [-0.05, 0) is 38.1 Å². The van der Waals surface area contributed by atoms with Crippen LogP contribution in [0.3, 0.4) is 0 Å². The van der Waals surface area contributed by atoms with Crippen LogP contribution in [0, 0.1) is 0 Å². The van der Waals surface area contributed by atoms with Crippen molar-refractivity contribution in [1.82, 2.24) is 14.5 Å². The topological polar surface area (TPSA) is 124 Å². The summed E-state index contributed by atoms with van der Waals surface area (Å²) in [6.07, 6.45) is -0.359. The maximum Gasteiger partial charge on any atom is 0.322 e.